The number of ether oxygens (including phenoxy) is 1. The highest BCUT2D eigenvalue weighted by molar-refractivity contribution is 5.85. The maximum absolute atomic E-state index is 13.0. The lowest BCUT2D eigenvalue weighted by Crippen LogP contribution is -2.52. The quantitative estimate of drug-likeness (QED) is 0.868. The number of hydrogen-bond acceptors (Lipinski definition) is 5. The van der Waals surface area contributed by atoms with Crippen molar-refractivity contribution in [1.29, 1.82) is 0 Å². The number of rotatable bonds is 3. The van der Waals surface area contributed by atoms with E-state index in [-0.39, 0.29) is 18.4 Å². The number of nitrogens with two attached hydrogens (primary N) is 1. The van der Waals surface area contributed by atoms with E-state index < -0.39 is 11.4 Å². The second-order valence-electron chi connectivity index (χ2n) is 6.19. The molecule has 0 bridgehead atoms. The summed E-state index contributed by atoms with van der Waals surface area (Å²) in [6.07, 6.45) is 1.01. The van der Waals surface area contributed by atoms with Crippen LogP contribution in [0.3, 0.4) is 0 Å². The summed E-state index contributed by atoms with van der Waals surface area (Å²) in [5.74, 6) is -0.264. The van der Waals surface area contributed by atoms with Gasteiger partial charge in [0.25, 0.3) is 0 Å². The molecule has 3 rings (SSSR count). The van der Waals surface area contributed by atoms with Crippen LogP contribution in [0.4, 0.5) is 4.79 Å². The first kappa shape index (κ1) is 19.5. The van der Waals surface area contributed by atoms with Crippen LogP contribution >= 0.6 is 12.4 Å². The molecule has 7 nitrogen and oxygen atoms in total. The maximum Gasteiger partial charge on any atom is 0.335 e. The van der Waals surface area contributed by atoms with Crippen LogP contribution in [0.2, 0.25) is 0 Å². The molecule has 2 aliphatic rings. The summed E-state index contributed by atoms with van der Waals surface area (Å²) in [4.78, 5) is 31.7. The number of likely N-dealkylation sites (tertiary alicyclic amines) is 1. The Balaban J connectivity index is 0.00000225. The van der Waals surface area contributed by atoms with Gasteiger partial charge in [-0.3, -0.25) is 0 Å². The summed E-state index contributed by atoms with van der Waals surface area (Å²) < 4.78 is 5.29. The van der Waals surface area contributed by atoms with Crippen LogP contribution in [-0.4, -0.2) is 61.4 Å². The van der Waals surface area contributed by atoms with Crippen molar-refractivity contribution >= 4 is 24.4 Å². The third-order valence-corrected chi connectivity index (χ3v) is 4.83. The number of benzene rings is 1. The zero-order valence-electron chi connectivity index (χ0n) is 14.1. The molecule has 0 radical (unpaired) electrons. The Morgan fingerprint density at radius 3 is 2.20 bits per heavy atom. The molecule has 2 saturated heterocycles. The molecule has 138 valence electrons. The van der Waals surface area contributed by atoms with Crippen molar-refractivity contribution in [3.05, 3.63) is 35.9 Å². The van der Waals surface area contributed by atoms with Gasteiger partial charge in [-0.15, -0.1) is 17.5 Å². The molecule has 2 aliphatic heterocycles. The first-order chi connectivity index (χ1) is 11.6. The van der Waals surface area contributed by atoms with Crippen LogP contribution in [0.5, 0.6) is 0 Å². The summed E-state index contributed by atoms with van der Waals surface area (Å²) in [7, 11) is 0. The van der Waals surface area contributed by atoms with Crippen molar-refractivity contribution in [3.63, 3.8) is 0 Å². The maximum atomic E-state index is 13.0. The molecule has 1 aromatic rings. The summed E-state index contributed by atoms with van der Waals surface area (Å²) in [6.45, 7) is 3.15. The number of morpholine rings is 1. The van der Waals surface area contributed by atoms with Gasteiger partial charge in [0, 0.05) is 13.1 Å². The summed E-state index contributed by atoms with van der Waals surface area (Å²) in [5.41, 5.74) is 5.55. The number of urea groups is 1. The van der Waals surface area contributed by atoms with E-state index in [4.69, 9.17) is 15.3 Å². The number of hydroxylamine groups is 2. The Morgan fingerprint density at radius 2 is 1.64 bits per heavy atom. The Hall–Kier alpha value is -1.83. The molecule has 2 heterocycles. The number of piperidine rings is 1. The molecule has 2 amide bonds. The molecular weight excluding hydrogens is 346 g/mol. The lowest BCUT2D eigenvalue weighted by molar-refractivity contribution is -0.213. The average Bonchev–Trinajstić information content (AvgIpc) is 2.63. The molecule has 25 heavy (non-hydrogen) atoms. The second kappa shape index (κ2) is 8.51. The van der Waals surface area contributed by atoms with Crippen molar-refractivity contribution < 1.29 is 19.2 Å². The van der Waals surface area contributed by atoms with Crippen LogP contribution in [0.15, 0.2) is 30.3 Å². The number of primary amides is 1. The van der Waals surface area contributed by atoms with Crippen molar-refractivity contribution in [1.82, 2.24) is 9.96 Å². The Labute approximate surface area is 153 Å². The van der Waals surface area contributed by atoms with Crippen LogP contribution in [-0.2, 0) is 19.8 Å². The molecule has 0 aromatic heterocycles. The molecule has 2 N–H and O–H groups in total. The molecule has 0 unspecified atom stereocenters. The van der Waals surface area contributed by atoms with Gasteiger partial charge in [0.05, 0.1) is 31.7 Å². The monoisotopic (exact) mass is 369 g/mol. The average molecular weight is 370 g/mol. The Bertz CT molecular complexity index is 585. The Kier molecular flexibility index (Phi) is 6.64. The van der Waals surface area contributed by atoms with Crippen molar-refractivity contribution in [3.8, 4) is 0 Å². The first-order valence-corrected chi connectivity index (χ1v) is 8.27. The van der Waals surface area contributed by atoms with Crippen LogP contribution < -0.4 is 5.73 Å². The van der Waals surface area contributed by atoms with E-state index >= 15 is 0 Å². The molecule has 0 aliphatic carbocycles. The van der Waals surface area contributed by atoms with Gasteiger partial charge in [0.1, 0.15) is 0 Å². The molecule has 0 atom stereocenters. The lowest BCUT2D eigenvalue weighted by Gasteiger charge is -2.40. The van der Waals surface area contributed by atoms with Gasteiger partial charge in [-0.2, -0.15) is 0 Å². The molecule has 0 saturated carbocycles. The highest BCUT2D eigenvalue weighted by Gasteiger charge is 2.45. The summed E-state index contributed by atoms with van der Waals surface area (Å²) in [6, 6.07) is 9.20. The zero-order chi connectivity index (χ0) is 17.0. The third-order valence-electron chi connectivity index (χ3n) is 4.83. The van der Waals surface area contributed by atoms with Gasteiger partial charge >= 0.3 is 12.0 Å². The molecule has 2 fully saturated rings. The van der Waals surface area contributed by atoms with Gasteiger partial charge in [0.15, 0.2) is 0 Å². The van der Waals surface area contributed by atoms with E-state index in [0.29, 0.717) is 52.2 Å². The normalized spacial score (nSPS) is 20.4. The fraction of sp³-hybridized carbons (Fsp3) is 0.529. The summed E-state index contributed by atoms with van der Waals surface area (Å²) >= 11 is 0. The van der Waals surface area contributed by atoms with Gasteiger partial charge in [-0.1, -0.05) is 30.3 Å². The van der Waals surface area contributed by atoms with E-state index in [1.54, 1.807) is 9.96 Å². The lowest BCUT2D eigenvalue weighted by atomic mass is 9.73. The minimum atomic E-state index is -0.745. The second-order valence-corrected chi connectivity index (χ2v) is 6.19. The van der Waals surface area contributed by atoms with E-state index in [2.05, 4.69) is 0 Å². The largest absolute Gasteiger partial charge is 0.379 e. The molecule has 1 aromatic carbocycles. The predicted molar refractivity (Wildman–Crippen MR) is 94.2 cm³/mol. The number of amides is 2. The van der Waals surface area contributed by atoms with E-state index in [0.717, 1.165) is 5.56 Å². The summed E-state index contributed by atoms with van der Waals surface area (Å²) in [5, 5.41) is 1.66. The fourth-order valence-electron chi connectivity index (χ4n) is 3.32. The van der Waals surface area contributed by atoms with E-state index in [1.807, 2.05) is 30.3 Å². The minimum Gasteiger partial charge on any atom is -0.379 e. The van der Waals surface area contributed by atoms with Gasteiger partial charge in [-0.25, -0.2) is 9.59 Å². The van der Waals surface area contributed by atoms with Gasteiger partial charge < -0.3 is 20.2 Å². The highest BCUT2D eigenvalue weighted by Crippen LogP contribution is 2.37. The third kappa shape index (κ3) is 4.23. The van der Waals surface area contributed by atoms with Gasteiger partial charge in [0.2, 0.25) is 0 Å². The van der Waals surface area contributed by atoms with Crippen molar-refractivity contribution in [2.75, 3.05) is 39.4 Å². The topological polar surface area (TPSA) is 85.1 Å². The van der Waals surface area contributed by atoms with Crippen molar-refractivity contribution in [2.45, 2.75) is 18.3 Å². The fourth-order valence-corrected chi connectivity index (χ4v) is 3.32. The van der Waals surface area contributed by atoms with Crippen LogP contribution in [0.25, 0.3) is 0 Å². The van der Waals surface area contributed by atoms with Crippen molar-refractivity contribution in [2.24, 2.45) is 5.73 Å². The Morgan fingerprint density at radius 1 is 1.04 bits per heavy atom. The minimum absolute atomic E-state index is 0. The van der Waals surface area contributed by atoms with E-state index in [1.165, 1.54) is 0 Å². The van der Waals surface area contributed by atoms with E-state index in [9.17, 15) is 9.59 Å². The highest BCUT2D eigenvalue weighted by atomic mass is 35.5. The van der Waals surface area contributed by atoms with Crippen LogP contribution in [0, 0.1) is 0 Å². The predicted octanol–water partition coefficient (Wildman–Crippen LogP) is 1.31. The first-order valence-electron chi connectivity index (χ1n) is 8.27. The number of carbonyl (C=O) groups excluding carboxylic acids is 2. The number of halogens is 1. The zero-order valence-corrected chi connectivity index (χ0v) is 14.9. The molecule has 0 spiro atoms. The molecule has 8 heteroatoms. The standard InChI is InChI=1S/C17H23N3O4.ClH/c18-16(22)19-8-6-17(7-9-19,14-4-2-1-3-5-14)15(21)24-20-10-12-23-13-11-20;/h1-5H,6-13H2,(H2,18,22);1H. The molecular formula is C17H24ClN3O4. The smallest absolute Gasteiger partial charge is 0.335 e. The number of carbonyl (C=O) groups is 2. The number of hydrogen-bond donors (Lipinski definition) is 1. The van der Waals surface area contributed by atoms with Gasteiger partial charge in [-0.05, 0) is 18.4 Å². The SMILES string of the molecule is Cl.NC(=O)N1CCC(C(=O)ON2CCOCC2)(c2ccccc2)CC1. The number of nitrogens with zero attached hydrogens (tertiary/aromatic N) is 2. The van der Waals surface area contributed by atoms with Crippen LogP contribution in [0.1, 0.15) is 18.4 Å².